The van der Waals surface area contributed by atoms with E-state index in [0.717, 1.165) is 5.69 Å². The van der Waals surface area contributed by atoms with Crippen LogP contribution in [0.1, 0.15) is 32.6 Å². The van der Waals surface area contributed by atoms with Gasteiger partial charge in [0.05, 0.1) is 24.9 Å². The van der Waals surface area contributed by atoms with E-state index in [9.17, 15) is 9.90 Å². The first-order valence-corrected chi connectivity index (χ1v) is 7.28. The highest BCUT2D eigenvalue weighted by Crippen LogP contribution is 2.36. The Morgan fingerprint density at radius 2 is 2.09 bits per heavy atom. The highest BCUT2D eigenvalue weighted by molar-refractivity contribution is 5.74. The number of rotatable bonds is 4. The van der Waals surface area contributed by atoms with Gasteiger partial charge < -0.3 is 15.6 Å². The van der Waals surface area contributed by atoms with Crippen molar-refractivity contribution < 1.29 is 14.6 Å². The zero-order chi connectivity index (χ0) is 17.2. The zero-order valence-electron chi connectivity index (χ0n) is 13.7. The van der Waals surface area contributed by atoms with E-state index in [2.05, 4.69) is 10.3 Å². The molecule has 0 fully saturated rings. The Labute approximate surface area is 135 Å². The fraction of sp³-hybridized carbons (Fsp3) is 0.438. The molecule has 0 spiro atoms. The first kappa shape index (κ1) is 17.0. The first-order chi connectivity index (χ1) is 10.7. The number of hydrogen-bond acceptors (Lipinski definition) is 6. The maximum absolute atomic E-state index is 12.0. The summed E-state index contributed by atoms with van der Waals surface area (Å²) in [5.74, 6) is -1.23. The number of methoxy groups -OCH3 is 1. The molecule has 23 heavy (non-hydrogen) atoms. The van der Waals surface area contributed by atoms with Crippen LogP contribution >= 0.6 is 0 Å². The van der Waals surface area contributed by atoms with E-state index in [1.807, 2.05) is 26.8 Å². The predicted octanol–water partition coefficient (Wildman–Crippen LogP) is 1.72. The second kappa shape index (κ2) is 6.37. The fourth-order valence-corrected chi connectivity index (χ4v) is 2.46. The second-order valence-electron chi connectivity index (χ2n) is 6.49. The summed E-state index contributed by atoms with van der Waals surface area (Å²) >= 11 is 0. The van der Waals surface area contributed by atoms with E-state index in [-0.39, 0.29) is 0 Å². The Balaban J connectivity index is 2.33. The number of carbonyl (C=O) groups excluding carboxylic acids is 1. The van der Waals surface area contributed by atoms with Gasteiger partial charge in [-0.25, -0.2) is 4.68 Å². The molecule has 1 aromatic heterocycles. The highest BCUT2D eigenvalue weighted by atomic mass is 16.5. The third-order valence-electron chi connectivity index (χ3n) is 3.65. The average molecular weight is 318 g/mol. The molecule has 0 saturated carbocycles. The minimum absolute atomic E-state index is 0.303. The molecule has 0 saturated heterocycles. The van der Waals surface area contributed by atoms with Gasteiger partial charge in [0, 0.05) is 5.69 Å². The predicted molar refractivity (Wildman–Crippen MR) is 85.7 cm³/mol. The number of nitrogens with zero attached hydrogens (tertiary/aromatic N) is 3. The molecule has 2 rings (SSSR count). The maximum atomic E-state index is 12.0. The molecule has 0 aliphatic carbocycles. The van der Waals surface area contributed by atoms with Crippen LogP contribution in [0.2, 0.25) is 0 Å². The van der Waals surface area contributed by atoms with Crippen molar-refractivity contribution in [3.63, 3.8) is 0 Å². The highest BCUT2D eigenvalue weighted by Gasteiger charge is 2.40. The van der Waals surface area contributed by atoms with Gasteiger partial charge in [-0.2, -0.15) is 0 Å². The molecular weight excluding hydrogens is 296 g/mol. The summed E-state index contributed by atoms with van der Waals surface area (Å²) in [4.78, 5) is 12.0. The summed E-state index contributed by atoms with van der Waals surface area (Å²) in [5.41, 5.74) is 6.89. The van der Waals surface area contributed by atoms with Crippen LogP contribution in [0, 0.1) is 11.3 Å². The van der Waals surface area contributed by atoms with Gasteiger partial charge in [-0.15, -0.1) is 5.10 Å². The van der Waals surface area contributed by atoms with Crippen LogP contribution in [0.3, 0.4) is 0 Å². The van der Waals surface area contributed by atoms with Crippen LogP contribution in [0.15, 0.2) is 30.5 Å². The van der Waals surface area contributed by atoms with Gasteiger partial charge in [0.15, 0.2) is 0 Å². The molecule has 7 heteroatoms. The quantitative estimate of drug-likeness (QED) is 0.657. The molecule has 2 aromatic rings. The second-order valence-corrected chi connectivity index (χ2v) is 6.49. The number of aromatic nitrogens is 3. The van der Waals surface area contributed by atoms with Crippen molar-refractivity contribution in [3.8, 4) is 5.69 Å². The number of aliphatic hydroxyl groups excluding tert-OH is 1. The van der Waals surface area contributed by atoms with Crippen molar-refractivity contribution >= 4 is 11.7 Å². The van der Waals surface area contributed by atoms with Gasteiger partial charge in [0.1, 0.15) is 11.8 Å². The lowest BCUT2D eigenvalue weighted by atomic mass is 9.76. The van der Waals surface area contributed by atoms with Gasteiger partial charge >= 0.3 is 5.97 Å². The Kier molecular flexibility index (Phi) is 4.70. The number of anilines is 1. The molecule has 0 amide bonds. The summed E-state index contributed by atoms with van der Waals surface area (Å²) in [6.07, 6.45) is 0.471. The van der Waals surface area contributed by atoms with E-state index in [1.54, 1.807) is 24.4 Å². The molecule has 0 aliphatic rings. The number of benzene rings is 1. The normalized spacial score (nSPS) is 14.3. The van der Waals surface area contributed by atoms with E-state index in [1.165, 1.54) is 11.8 Å². The molecule has 0 bridgehead atoms. The van der Waals surface area contributed by atoms with Gasteiger partial charge in [0.25, 0.3) is 0 Å². The van der Waals surface area contributed by atoms with Crippen molar-refractivity contribution in [2.45, 2.75) is 26.9 Å². The van der Waals surface area contributed by atoms with Crippen molar-refractivity contribution in [3.05, 3.63) is 36.2 Å². The smallest absolute Gasteiger partial charge is 0.312 e. The minimum atomic E-state index is -1.11. The minimum Gasteiger partial charge on any atom is -0.469 e. The molecule has 0 aliphatic heterocycles. The van der Waals surface area contributed by atoms with Gasteiger partial charge in [0.2, 0.25) is 0 Å². The lowest BCUT2D eigenvalue weighted by molar-refractivity contribution is -0.155. The summed E-state index contributed by atoms with van der Waals surface area (Å²) < 4.78 is 6.32. The number of carbonyl (C=O) groups is 1. The molecule has 124 valence electrons. The van der Waals surface area contributed by atoms with Gasteiger partial charge in [-0.05, 0) is 23.6 Å². The van der Waals surface area contributed by atoms with Crippen LogP contribution in [0.5, 0.6) is 0 Å². The lowest BCUT2D eigenvalue weighted by Gasteiger charge is -2.31. The first-order valence-electron chi connectivity index (χ1n) is 7.28. The number of ether oxygens (including phenoxy) is 1. The third kappa shape index (κ3) is 3.68. The van der Waals surface area contributed by atoms with E-state index < -0.39 is 23.4 Å². The Morgan fingerprint density at radius 1 is 1.39 bits per heavy atom. The summed E-state index contributed by atoms with van der Waals surface area (Å²) in [6.45, 7) is 5.58. The largest absolute Gasteiger partial charge is 0.469 e. The maximum Gasteiger partial charge on any atom is 0.312 e. The van der Waals surface area contributed by atoms with Crippen LogP contribution in [0.25, 0.3) is 5.69 Å². The number of hydrogen-bond donors (Lipinski definition) is 2. The zero-order valence-corrected chi connectivity index (χ0v) is 13.7. The molecule has 1 aromatic carbocycles. The molecule has 2 atom stereocenters. The Morgan fingerprint density at radius 3 is 2.65 bits per heavy atom. The van der Waals surface area contributed by atoms with Crippen LogP contribution in [-0.2, 0) is 9.53 Å². The van der Waals surface area contributed by atoms with E-state index in [4.69, 9.17) is 10.5 Å². The van der Waals surface area contributed by atoms with Gasteiger partial charge in [-0.3, -0.25) is 4.79 Å². The topological polar surface area (TPSA) is 103 Å². The summed E-state index contributed by atoms with van der Waals surface area (Å²) in [7, 11) is 1.30. The third-order valence-corrected chi connectivity index (χ3v) is 3.65. The average Bonchev–Trinajstić information content (AvgIpc) is 2.95. The molecule has 0 radical (unpaired) electrons. The van der Waals surface area contributed by atoms with Crippen molar-refractivity contribution in [2.24, 2.45) is 11.3 Å². The summed E-state index contributed by atoms with van der Waals surface area (Å²) in [6, 6.07) is 7.13. The van der Waals surface area contributed by atoms with Crippen LogP contribution in [0.4, 0.5) is 5.69 Å². The Hall–Kier alpha value is -2.41. The molecular formula is C16H22N4O3. The molecule has 3 N–H and O–H groups in total. The van der Waals surface area contributed by atoms with Gasteiger partial charge in [-0.1, -0.05) is 32.1 Å². The molecule has 2 unspecified atom stereocenters. The monoisotopic (exact) mass is 318 g/mol. The lowest BCUT2D eigenvalue weighted by Crippen LogP contribution is -2.35. The Bertz CT molecular complexity index is 691. The van der Waals surface area contributed by atoms with Crippen molar-refractivity contribution in [2.75, 3.05) is 12.8 Å². The van der Waals surface area contributed by atoms with Crippen LogP contribution in [-0.4, -0.2) is 33.2 Å². The van der Waals surface area contributed by atoms with Crippen molar-refractivity contribution in [1.29, 1.82) is 0 Å². The van der Waals surface area contributed by atoms with Crippen LogP contribution < -0.4 is 5.73 Å². The number of esters is 1. The molecule has 7 nitrogen and oxygen atoms in total. The molecule has 1 heterocycles. The fourth-order valence-electron chi connectivity index (χ4n) is 2.46. The number of nitrogen functional groups attached to an aromatic ring is 1. The number of aliphatic hydroxyl groups is 1. The van der Waals surface area contributed by atoms with Crippen molar-refractivity contribution in [1.82, 2.24) is 15.0 Å². The summed E-state index contributed by atoms with van der Waals surface area (Å²) in [5, 5.41) is 18.6. The number of nitrogens with two attached hydrogens (primary N) is 1. The van der Waals surface area contributed by atoms with E-state index in [0.29, 0.717) is 11.4 Å². The SMILES string of the molecule is COC(=O)C(C(O)c1cn(-c2cccc(N)c2)nn1)C(C)(C)C. The standard InChI is InChI=1S/C16H22N4O3/c1-16(2,3)13(15(22)23-4)14(21)12-9-20(19-18-12)11-7-5-6-10(17)8-11/h5-9,13-14,21H,17H2,1-4H3. The van der Waals surface area contributed by atoms with E-state index >= 15 is 0 Å².